The second-order valence-electron chi connectivity index (χ2n) is 9.87. The highest BCUT2D eigenvalue weighted by Gasteiger charge is 2.24. The maximum Gasteiger partial charge on any atom is 0.319 e. The van der Waals surface area contributed by atoms with Crippen LogP contribution in [-0.2, 0) is 13.0 Å². The summed E-state index contributed by atoms with van der Waals surface area (Å²) in [7, 11) is 0. The van der Waals surface area contributed by atoms with Crippen LogP contribution in [0.3, 0.4) is 0 Å². The van der Waals surface area contributed by atoms with Gasteiger partial charge in [-0.1, -0.05) is 30.7 Å². The Labute approximate surface area is 213 Å². The fourth-order valence-corrected chi connectivity index (χ4v) is 5.39. The number of pyridine rings is 1. The number of fused-ring (bicyclic) bond motifs is 1. The summed E-state index contributed by atoms with van der Waals surface area (Å²) in [5.41, 5.74) is 5.39. The van der Waals surface area contributed by atoms with E-state index < -0.39 is 0 Å². The minimum absolute atomic E-state index is 0.235. The van der Waals surface area contributed by atoms with Gasteiger partial charge >= 0.3 is 6.03 Å². The van der Waals surface area contributed by atoms with Crippen LogP contribution in [0.1, 0.15) is 44.2 Å². The predicted molar refractivity (Wildman–Crippen MR) is 147 cm³/mol. The van der Waals surface area contributed by atoms with Gasteiger partial charge in [0.25, 0.3) is 0 Å². The van der Waals surface area contributed by atoms with E-state index in [0.717, 1.165) is 29.9 Å². The third kappa shape index (κ3) is 5.44. The monoisotopic (exact) mass is 481 g/mol. The normalized spacial score (nSPS) is 18.3. The largest absolute Gasteiger partial charge is 0.334 e. The van der Waals surface area contributed by atoms with E-state index in [1.165, 1.54) is 35.7 Å². The number of nitrogens with zero attached hydrogens (tertiary/aromatic N) is 3. The van der Waals surface area contributed by atoms with Gasteiger partial charge in [-0.3, -0.25) is 9.88 Å². The van der Waals surface area contributed by atoms with E-state index >= 15 is 0 Å². The van der Waals surface area contributed by atoms with Crippen molar-refractivity contribution in [3.63, 3.8) is 0 Å². The van der Waals surface area contributed by atoms with Crippen molar-refractivity contribution in [1.29, 1.82) is 0 Å². The molecule has 1 fully saturated rings. The van der Waals surface area contributed by atoms with E-state index in [-0.39, 0.29) is 6.03 Å². The van der Waals surface area contributed by atoms with Crippen LogP contribution in [0, 0.1) is 0 Å². The Morgan fingerprint density at radius 1 is 1.00 bits per heavy atom. The minimum Gasteiger partial charge on any atom is -0.334 e. The van der Waals surface area contributed by atoms with Crippen LogP contribution < -0.4 is 10.6 Å². The number of rotatable bonds is 7. The number of piperidine rings is 1. The van der Waals surface area contributed by atoms with Crippen molar-refractivity contribution in [2.24, 2.45) is 0 Å². The number of likely N-dealkylation sites (tertiary alicyclic amines) is 1. The minimum atomic E-state index is -0.235. The Balaban J connectivity index is 1.28. The van der Waals surface area contributed by atoms with E-state index in [2.05, 4.69) is 81.5 Å². The zero-order valence-electron chi connectivity index (χ0n) is 21.2. The van der Waals surface area contributed by atoms with Gasteiger partial charge in [0.05, 0.1) is 5.52 Å². The first kappa shape index (κ1) is 24.1. The van der Waals surface area contributed by atoms with Crippen molar-refractivity contribution < 1.29 is 4.79 Å². The van der Waals surface area contributed by atoms with Crippen LogP contribution in [0.25, 0.3) is 16.6 Å². The number of hydrogen-bond acceptors (Lipinski definition) is 3. The number of benzene rings is 2. The summed E-state index contributed by atoms with van der Waals surface area (Å²) in [5, 5.41) is 7.09. The van der Waals surface area contributed by atoms with Crippen LogP contribution in [0.5, 0.6) is 0 Å². The van der Waals surface area contributed by atoms with E-state index in [4.69, 9.17) is 0 Å². The molecular weight excluding hydrogens is 446 g/mol. The molecule has 2 aromatic carbocycles. The maximum atomic E-state index is 12.3. The molecule has 2 N–H and O–H groups in total. The van der Waals surface area contributed by atoms with E-state index in [9.17, 15) is 4.79 Å². The van der Waals surface area contributed by atoms with Gasteiger partial charge in [0.2, 0.25) is 0 Å². The van der Waals surface area contributed by atoms with Crippen molar-refractivity contribution in [1.82, 2.24) is 19.8 Å². The summed E-state index contributed by atoms with van der Waals surface area (Å²) in [5.74, 6) is 0. The van der Waals surface area contributed by atoms with Crippen LogP contribution in [0.15, 0.2) is 79.3 Å². The lowest BCUT2D eigenvalue weighted by Gasteiger charge is -2.39. The van der Waals surface area contributed by atoms with E-state index in [1.807, 2.05) is 24.3 Å². The number of carbonyl (C=O) groups excluding carboxylic acids is 1. The van der Waals surface area contributed by atoms with Gasteiger partial charge < -0.3 is 15.2 Å². The number of para-hydroxylation sites is 1. The summed E-state index contributed by atoms with van der Waals surface area (Å²) >= 11 is 0. The molecule has 0 aliphatic carbocycles. The molecule has 1 aliphatic heterocycles. The smallest absolute Gasteiger partial charge is 0.319 e. The second kappa shape index (κ2) is 11.0. The molecule has 6 nitrogen and oxygen atoms in total. The van der Waals surface area contributed by atoms with Gasteiger partial charge in [-0.05, 0) is 80.6 Å². The Hall–Kier alpha value is -3.64. The molecule has 6 heteroatoms. The molecule has 4 aromatic rings. The molecule has 0 bridgehead atoms. The van der Waals surface area contributed by atoms with Crippen molar-refractivity contribution in [3.05, 3.63) is 90.4 Å². The zero-order valence-corrected chi connectivity index (χ0v) is 21.2. The molecule has 2 atom stereocenters. The predicted octanol–water partition coefficient (Wildman–Crippen LogP) is 6.15. The molecule has 36 heavy (non-hydrogen) atoms. The van der Waals surface area contributed by atoms with Crippen molar-refractivity contribution >= 4 is 22.6 Å². The molecule has 3 heterocycles. The topological polar surface area (TPSA) is 62.2 Å². The number of nitrogens with one attached hydrogen (secondary N) is 2. The quantitative estimate of drug-likeness (QED) is 0.333. The molecular formula is C30H35N5O. The first-order valence-corrected chi connectivity index (χ1v) is 13.0. The van der Waals surface area contributed by atoms with Gasteiger partial charge in [0.15, 0.2) is 0 Å². The molecule has 2 amide bonds. The summed E-state index contributed by atoms with van der Waals surface area (Å²) in [6.07, 6.45) is 10.7. The van der Waals surface area contributed by atoms with Gasteiger partial charge in [-0.2, -0.15) is 0 Å². The Bertz CT molecular complexity index is 1290. The average Bonchev–Trinajstić information content (AvgIpc) is 3.27. The number of hydrogen-bond donors (Lipinski definition) is 2. The second-order valence-corrected chi connectivity index (χ2v) is 9.87. The van der Waals surface area contributed by atoms with Crippen molar-refractivity contribution in [2.45, 2.75) is 58.2 Å². The lowest BCUT2D eigenvalue weighted by molar-refractivity contribution is 0.105. The van der Waals surface area contributed by atoms with Crippen LogP contribution in [0.4, 0.5) is 10.5 Å². The molecule has 0 spiro atoms. The summed E-state index contributed by atoms with van der Waals surface area (Å²) in [6.45, 7) is 6.26. The Morgan fingerprint density at radius 3 is 2.53 bits per heavy atom. The van der Waals surface area contributed by atoms with Crippen molar-refractivity contribution in [3.8, 4) is 5.69 Å². The highest BCUT2D eigenvalue weighted by molar-refractivity contribution is 5.89. The van der Waals surface area contributed by atoms with Crippen LogP contribution in [-0.4, -0.2) is 39.1 Å². The number of anilines is 1. The third-order valence-corrected chi connectivity index (χ3v) is 7.39. The van der Waals surface area contributed by atoms with Crippen LogP contribution in [0.2, 0.25) is 0 Å². The van der Waals surface area contributed by atoms with Gasteiger partial charge in [-0.25, -0.2) is 4.79 Å². The molecule has 1 saturated heterocycles. The highest BCUT2D eigenvalue weighted by atomic mass is 16.2. The summed E-state index contributed by atoms with van der Waals surface area (Å²) in [6, 6.07) is 21.5. The molecule has 5 rings (SSSR count). The molecule has 0 radical (unpaired) electrons. The lowest BCUT2D eigenvalue weighted by Crippen LogP contribution is -2.44. The Morgan fingerprint density at radius 2 is 1.78 bits per heavy atom. The molecule has 186 valence electrons. The summed E-state index contributed by atoms with van der Waals surface area (Å²) < 4.78 is 2.26. The maximum absolute atomic E-state index is 12.3. The third-order valence-electron chi connectivity index (χ3n) is 7.39. The first-order chi connectivity index (χ1) is 17.6. The summed E-state index contributed by atoms with van der Waals surface area (Å²) in [4.78, 5) is 19.1. The van der Waals surface area contributed by atoms with Gasteiger partial charge in [-0.15, -0.1) is 0 Å². The van der Waals surface area contributed by atoms with Gasteiger partial charge in [0, 0.05) is 60.5 Å². The van der Waals surface area contributed by atoms with E-state index in [1.54, 1.807) is 12.4 Å². The molecule has 0 saturated carbocycles. The number of amides is 2. The first-order valence-electron chi connectivity index (χ1n) is 13.0. The number of aromatic nitrogens is 2. The average molecular weight is 482 g/mol. The van der Waals surface area contributed by atoms with Gasteiger partial charge in [0.1, 0.15) is 0 Å². The van der Waals surface area contributed by atoms with Crippen molar-refractivity contribution in [2.75, 3.05) is 11.9 Å². The van der Waals surface area contributed by atoms with Crippen LogP contribution >= 0.6 is 0 Å². The number of urea groups is 1. The molecule has 2 aromatic heterocycles. The molecule has 1 aliphatic rings. The fraction of sp³-hybridized carbons (Fsp3) is 0.333. The van der Waals surface area contributed by atoms with E-state index in [0.29, 0.717) is 18.6 Å². The highest BCUT2D eigenvalue weighted by Crippen LogP contribution is 2.28. The SMILES string of the molecule is CC1CCCC(C)N1CCc1cn(-c2ccc(NC(=O)NCc3cccnc3)cc2)c2ccccc12. The number of carbonyl (C=O) groups is 1. The fourth-order valence-electron chi connectivity index (χ4n) is 5.39. The zero-order chi connectivity index (χ0) is 24.9. The molecule has 2 unspecified atom stereocenters. The standard InChI is InChI=1S/C30H35N5O/c1-22-7-5-8-23(2)34(22)18-16-25-21-35(29-11-4-3-10-28(25)29)27-14-12-26(13-15-27)33-30(36)32-20-24-9-6-17-31-19-24/h3-4,6,9-15,17,19,21-23H,5,7-8,16,18,20H2,1-2H3,(H2,32,33,36). The Kier molecular flexibility index (Phi) is 7.33. The lowest BCUT2D eigenvalue weighted by atomic mass is 9.97.